The largest absolute Gasteiger partial charge is 0.313 e. The molecular formula is C22H19FN2OS3. The van der Waals surface area contributed by atoms with Crippen LogP contribution in [0.25, 0.3) is 6.08 Å². The lowest BCUT2D eigenvalue weighted by molar-refractivity contribution is -0.122. The lowest BCUT2D eigenvalue weighted by Gasteiger charge is -2.20. The van der Waals surface area contributed by atoms with Gasteiger partial charge in [-0.15, -0.1) is 22.7 Å². The lowest BCUT2D eigenvalue weighted by Crippen LogP contribution is -2.34. The Morgan fingerprint density at radius 2 is 1.48 bits per heavy atom. The average molecular weight is 443 g/mol. The molecule has 0 radical (unpaired) electrons. The van der Waals surface area contributed by atoms with Gasteiger partial charge in [0.25, 0.3) is 5.91 Å². The number of nitrogens with zero attached hydrogens (tertiary/aromatic N) is 2. The zero-order chi connectivity index (χ0) is 20.2. The topological polar surface area (TPSA) is 23.6 Å². The van der Waals surface area contributed by atoms with E-state index in [0.717, 1.165) is 18.4 Å². The van der Waals surface area contributed by atoms with Gasteiger partial charge >= 0.3 is 0 Å². The molecule has 4 rings (SSSR count). The van der Waals surface area contributed by atoms with Crippen LogP contribution in [-0.2, 0) is 17.6 Å². The van der Waals surface area contributed by atoms with E-state index in [1.54, 1.807) is 45.8 Å². The Balaban J connectivity index is 1.58. The van der Waals surface area contributed by atoms with Gasteiger partial charge in [0, 0.05) is 22.8 Å². The molecule has 7 heteroatoms. The summed E-state index contributed by atoms with van der Waals surface area (Å²) in [5.74, 6) is -0.394. The fourth-order valence-corrected chi connectivity index (χ4v) is 4.97. The predicted molar refractivity (Wildman–Crippen MR) is 121 cm³/mol. The summed E-state index contributed by atoms with van der Waals surface area (Å²) in [5.41, 5.74) is 1.32. The summed E-state index contributed by atoms with van der Waals surface area (Å²) in [5, 5.41) is 4.62. The molecule has 0 bridgehead atoms. The first-order chi connectivity index (χ1) is 14.1. The van der Waals surface area contributed by atoms with E-state index in [-0.39, 0.29) is 11.7 Å². The Hall–Kier alpha value is -2.35. The highest BCUT2D eigenvalue weighted by atomic mass is 32.1. The van der Waals surface area contributed by atoms with Crippen molar-refractivity contribution in [1.82, 2.24) is 9.80 Å². The summed E-state index contributed by atoms with van der Waals surface area (Å²) < 4.78 is 13.3. The highest BCUT2D eigenvalue weighted by Crippen LogP contribution is 2.26. The van der Waals surface area contributed by atoms with Crippen molar-refractivity contribution in [3.63, 3.8) is 0 Å². The maximum Gasteiger partial charge on any atom is 0.276 e. The van der Waals surface area contributed by atoms with Crippen LogP contribution in [0.3, 0.4) is 0 Å². The number of carbonyl (C=O) groups is 1. The number of benzene rings is 1. The van der Waals surface area contributed by atoms with Gasteiger partial charge in [0.05, 0.1) is 0 Å². The van der Waals surface area contributed by atoms with Crippen LogP contribution in [0.15, 0.2) is 65.0 Å². The van der Waals surface area contributed by atoms with Crippen molar-refractivity contribution in [2.45, 2.75) is 12.8 Å². The molecule has 0 atom stereocenters. The first-order valence-corrected chi connectivity index (χ1v) is 11.4. The van der Waals surface area contributed by atoms with Crippen LogP contribution in [0.1, 0.15) is 15.3 Å². The van der Waals surface area contributed by atoms with E-state index < -0.39 is 0 Å². The van der Waals surface area contributed by atoms with E-state index >= 15 is 0 Å². The van der Waals surface area contributed by atoms with Crippen molar-refractivity contribution in [3.8, 4) is 0 Å². The quantitative estimate of drug-likeness (QED) is 0.371. The van der Waals surface area contributed by atoms with Crippen molar-refractivity contribution in [1.29, 1.82) is 0 Å². The third-order valence-corrected chi connectivity index (χ3v) is 7.03. The Labute approximate surface area is 182 Å². The smallest absolute Gasteiger partial charge is 0.276 e. The predicted octanol–water partition coefficient (Wildman–Crippen LogP) is 5.20. The number of carbonyl (C=O) groups excluding carboxylic acids is 1. The second-order valence-electron chi connectivity index (χ2n) is 6.63. The third-order valence-electron chi connectivity index (χ3n) is 4.71. The van der Waals surface area contributed by atoms with Gasteiger partial charge in [-0.25, -0.2) is 4.39 Å². The zero-order valence-electron chi connectivity index (χ0n) is 15.6. The third kappa shape index (κ3) is 4.63. The van der Waals surface area contributed by atoms with Crippen LogP contribution in [0, 0.1) is 5.82 Å². The summed E-state index contributed by atoms with van der Waals surface area (Å²) in [7, 11) is 0. The molecule has 0 unspecified atom stereocenters. The van der Waals surface area contributed by atoms with E-state index in [2.05, 4.69) is 12.1 Å². The fraction of sp³-hybridized carbons (Fsp3) is 0.182. The van der Waals surface area contributed by atoms with Crippen molar-refractivity contribution in [3.05, 3.63) is 86.1 Å². The minimum Gasteiger partial charge on any atom is -0.313 e. The summed E-state index contributed by atoms with van der Waals surface area (Å²) in [4.78, 5) is 19.2. The Morgan fingerprint density at radius 3 is 2.03 bits per heavy atom. The van der Waals surface area contributed by atoms with Gasteiger partial charge in [0.2, 0.25) is 0 Å². The van der Waals surface area contributed by atoms with Crippen LogP contribution in [-0.4, -0.2) is 33.9 Å². The second-order valence-corrected chi connectivity index (χ2v) is 9.06. The molecule has 3 heterocycles. The zero-order valence-corrected chi connectivity index (χ0v) is 18.0. The molecule has 0 aliphatic carbocycles. The standard InChI is InChI=1S/C22H19FN2OS3/c23-17-7-5-16(6-8-17)15-20-21(26)25(12-10-19-4-2-14-29-19)22(27)24(20)11-9-18-3-1-13-28-18/h1-8,13-15H,9-12H2/b20-15+. The highest BCUT2D eigenvalue weighted by Gasteiger charge is 2.37. The van der Waals surface area contributed by atoms with Crippen LogP contribution in [0.4, 0.5) is 4.39 Å². The molecule has 29 heavy (non-hydrogen) atoms. The summed E-state index contributed by atoms with van der Waals surface area (Å²) in [6.07, 6.45) is 3.38. The van der Waals surface area contributed by atoms with Crippen molar-refractivity contribution < 1.29 is 9.18 Å². The van der Waals surface area contributed by atoms with Gasteiger partial charge in [-0.1, -0.05) is 24.3 Å². The Morgan fingerprint density at radius 1 is 0.897 bits per heavy atom. The van der Waals surface area contributed by atoms with Crippen LogP contribution < -0.4 is 0 Å². The highest BCUT2D eigenvalue weighted by molar-refractivity contribution is 7.80. The van der Waals surface area contributed by atoms with Crippen molar-refractivity contribution in [2.24, 2.45) is 0 Å². The number of hydrogen-bond donors (Lipinski definition) is 0. The van der Waals surface area contributed by atoms with E-state index in [9.17, 15) is 9.18 Å². The van der Waals surface area contributed by atoms with E-state index in [1.807, 2.05) is 27.8 Å². The molecule has 1 aromatic carbocycles. The number of hydrogen-bond acceptors (Lipinski definition) is 4. The van der Waals surface area contributed by atoms with Crippen LogP contribution in [0.2, 0.25) is 0 Å². The normalized spacial score (nSPS) is 15.7. The summed E-state index contributed by atoms with van der Waals surface area (Å²) in [6, 6.07) is 14.3. The second kappa shape index (κ2) is 8.98. The maximum absolute atomic E-state index is 13.3. The number of halogens is 1. The molecule has 0 saturated carbocycles. The molecule has 148 valence electrons. The van der Waals surface area contributed by atoms with Crippen LogP contribution >= 0.6 is 34.9 Å². The van der Waals surface area contributed by atoms with Crippen molar-refractivity contribution in [2.75, 3.05) is 13.1 Å². The van der Waals surface area contributed by atoms with E-state index in [0.29, 0.717) is 23.9 Å². The molecule has 3 nitrogen and oxygen atoms in total. The SMILES string of the molecule is O=C1/C(=C\c2ccc(F)cc2)N(CCc2cccs2)C(=S)N1CCc1cccs1. The fourth-order valence-electron chi connectivity index (χ4n) is 3.21. The van der Waals surface area contributed by atoms with E-state index in [4.69, 9.17) is 12.2 Å². The molecule has 1 aliphatic rings. The Bertz CT molecular complexity index is 1010. The van der Waals surface area contributed by atoms with Gasteiger partial charge in [-0.05, 0) is 71.7 Å². The van der Waals surface area contributed by atoms with Crippen molar-refractivity contribution >= 4 is 52.0 Å². The molecule has 1 saturated heterocycles. The lowest BCUT2D eigenvalue weighted by atomic mass is 10.1. The average Bonchev–Trinajstić information content (AvgIpc) is 3.45. The van der Waals surface area contributed by atoms with Gasteiger partial charge in [-0.3, -0.25) is 9.69 Å². The summed E-state index contributed by atoms with van der Waals surface area (Å²) >= 11 is 9.06. The van der Waals surface area contributed by atoms with Gasteiger partial charge in [0.15, 0.2) is 5.11 Å². The number of amides is 1. The minimum atomic E-state index is -0.299. The van der Waals surface area contributed by atoms with Gasteiger partial charge in [0.1, 0.15) is 11.5 Å². The minimum absolute atomic E-state index is 0.0953. The molecule has 3 aromatic rings. The first kappa shape index (κ1) is 19.9. The van der Waals surface area contributed by atoms with E-state index in [1.165, 1.54) is 21.9 Å². The molecular weight excluding hydrogens is 423 g/mol. The van der Waals surface area contributed by atoms with Crippen LogP contribution in [0.5, 0.6) is 0 Å². The monoisotopic (exact) mass is 442 g/mol. The first-order valence-electron chi connectivity index (χ1n) is 9.27. The van der Waals surface area contributed by atoms with Gasteiger partial charge in [-0.2, -0.15) is 0 Å². The molecule has 1 aliphatic heterocycles. The molecule has 0 N–H and O–H groups in total. The summed E-state index contributed by atoms with van der Waals surface area (Å²) in [6.45, 7) is 1.18. The van der Waals surface area contributed by atoms with Gasteiger partial charge < -0.3 is 4.90 Å². The number of rotatable bonds is 7. The number of thiophene rings is 2. The molecule has 2 aromatic heterocycles. The maximum atomic E-state index is 13.3. The molecule has 1 amide bonds. The Kier molecular flexibility index (Phi) is 6.18. The molecule has 0 spiro atoms. The molecule has 1 fully saturated rings. The number of thiocarbonyl (C=S) groups is 1.